The van der Waals surface area contributed by atoms with Crippen molar-refractivity contribution >= 4 is 5.91 Å². The van der Waals surface area contributed by atoms with Gasteiger partial charge >= 0.3 is 0 Å². The lowest BCUT2D eigenvalue weighted by Gasteiger charge is -2.31. The molecule has 2 aliphatic heterocycles. The Morgan fingerprint density at radius 3 is 2.71 bits per heavy atom. The number of para-hydroxylation sites is 1. The van der Waals surface area contributed by atoms with Gasteiger partial charge in [-0.1, -0.05) is 18.2 Å². The smallest absolute Gasteiger partial charge is 0.276 e. The Labute approximate surface area is 162 Å². The number of carbonyl (C=O) groups excluding carboxylic acids is 1. The number of hydrogen-bond donors (Lipinski definition) is 1. The van der Waals surface area contributed by atoms with Gasteiger partial charge in [0.05, 0.1) is 18.4 Å². The lowest BCUT2D eigenvalue weighted by molar-refractivity contribution is 0.0703. The molecule has 1 fully saturated rings. The molecule has 5 rings (SSSR count). The van der Waals surface area contributed by atoms with Crippen LogP contribution in [0.15, 0.2) is 36.5 Å². The molecule has 9 nitrogen and oxygen atoms in total. The first kappa shape index (κ1) is 17.1. The van der Waals surface area contributed by atoms with Gasteiger partial charge in [-0.3, -0.25) is 4.79 Å². The van der Waals surface area contributed by atoms with Gasteiger partial charge in [-0.2, -0.15) is 9.90 Å². The van der Waals surface area contributed by atoms with Crippen LogP contribution in [0.5, 0.6) is 0 Å². The van der Waals surface area contributed by atoms with E-state index in [0.29, 0.717) is 24.7 Å². The largest absolute Gasteiger partial charge is 0.337 e. The number of rotatable bonds is 3. The maximum Gasteiger partial charge on any atom is 0.276 e. The van der Waals surface area contributed by atoms with Gasteiger partial charge in [0.2, 0.25) is 0 Å². The second kappa shape index (κ2) is 7.16. The number of fused-ring (bicyclic) bond motifs is 1. The third kappa shape index (κ3) is 3.07. The number of piperidine rings is 1. The number of carbonyl (C=O) groups is 1. The third-order valence-electron chi connectivity index (χ3n) is 5.50. The zero-order chi connectivity index (χ0) is 18.9. The zero-order valence-corrected chi connectivity index (χ0v) is 15.5. The fourth-order valence-corrected chi connectivity index (χ4v) is 3.97. The lowest BCUT2D eigenvalue weighted by Crippen LogP contribution is -2.39. The lowest BCUT2D eigenvalue weighted by atomic mass is 9.95. The number of aromatic nitrogens is 6. The molecule has 0 atom stereocenters. The van der Waals surface area contributed by atoms with Gasteiger partial charge in [-0.05, 0) is 25.0 Å². The molecule has 0 saturated carbocycles. The highest BCUT2D eigenvalue weighted by molar-refractivity contribution is 5.92. The van der Waals surface area contributed by atoms with E-state index < -0.39 is 0 Å². The summed E-state index contributed by atoms with van der Waals surface area (Å²) >= 11 is 0. The monoisotopic (exact) mass is 378 g/mol. The molecule has 1 aromatic carbocycles. The molecular weight excluding hydrogens is 356 g/mol. The van der Waals surface area contributed by atoms with E-state index in [1.54, 1.807) is 6.20 Å². The van der Waals surface area contributed by atoms with Crippen molar-refractivity contribution in [3.05, 3.63) is 53.9 Å². The molecule has 1 amide bonds. The topological polar surface area (TPSA) is 93.8 Å². The molecule has 9 heteroatoms. The van der Waals surface area contributed by atoms with Crippen molar-refractivity contribution in [3.63, 3.8) is 0 Å². The molecule has 144 valence electrons. The van der Waals surface area contributed by atoms with E-state index in [-0.39, 0.29) is 5.91 Å². The second-order valence-corrected chi connectivity index (χ2v) is 7.22. The maximum absolute atomic E-state index is 12.8. The molecule has 2 aliphatic rings. The fraction of sp³-hybridized carbons (Fsp3) is 0.421. The van der Waals surface area contributed by atoms with E-state index in [0.717, 1.165) is 49.8 Å². The fourth-order valence-electron chi connectivity index (χ4n) is 3.97. The average Bonchev–Trinajstić information content (AvgIpc) is 3.42. The van der Waals surface area contributed by atoms with Crippen molar-refractivity contribution in [2.45, 2.75) is 31.8 Å². The summed E-state index contributed by atoms with van der Waals surface area (Å²) in [5.41, 5.74) is 1.22. The number of likely N-dealkylation sites (tertiary alicyclic amines) is 1. The van der Waals surface area contributed by atoms with Crippen LogP contribution in [-0.2, 0) is 13.1 Å². The Morgan fingerprint density at radius 2 is 1.89 bits per heavy atom. The van der Waals surface area contributed by atoms with Crippen LogP contribution in [0.4, 0.5) is 0 Å². The summed E-state index contributed by atoms with van der Waals surface area (Å²) in [5.74, 6) is 2.37. The predicted octanol–water partition coefficient (Wildman–Crippen LogP) is 0.982. The van der Waals surface area contributed by atoms with Crippen molar-refractivity contribution in [1.82, 2.24) is 40.0 Å². The number of hydrogen-bond acceptors (Lipinski definition) is 6. The van der Waals surface area contributed by atoms with E-state index in [2.05, 4.69) is 30.3 Å². The van der Waals surface area contributed by atoms with Gasteiger partial charge in [-0.25, -0.2) is 0 Å². The first-order valence-electron chi connectivity index (χ1n) is 9.69. The van der Waals surface area contributed by atoms with Crippen LogP contribution in [0, 0.1) is 0 Å². The van der Waals surface area contributed by atoms with Crippen molar-refractivity contribution in [2.24, 2.45) is 0 Å². The molecule has 2 aromatic heterocycles. The minimum Gasteiger partial charge on any atom is -0.337 e. The van der Waals surface area contributed by atoms with E-state index in [1.807, 2.05) is 35.2 Å². The summed E-state index contributed by atoms with van der Waals surface area (Å²) in [7, 11) is 0. The Balaban J connectivity index is 1.25. The van der Waals surface area contributed by atoms with Gasteiger partial charge in [0.25, 0.3) is 5.91 Å². The van der Waals surface area contributed by atoms with Crippen molar-refractivity contribution in [3.8, 4) is 5.69 Å². The standard InChI is InChI=1S/C19H22N8O/c28-19(16-12-21-27(24-16)15-4-2-1-3-5-15)25-9-6-14(7-10-25)18-23-22-17-13-20-8-11-26(17)18/h1-5,12,14,20H,6-11,13H2. The number of amides is 1. The first-order valence-corrected chi connectivity index (χ1v) is 9.69. The predicted molar refractivity (Wildman–Crippen MR) is 101 cm³/mol. The van der Waals surface area contributed by atoms with Crippen LogP contribution in [-0.4, -0.2) is 60.2 Å². The third-order valence-corrected chi connectivity index (χ3v) is 5.50. The van der Waals surface area contributed by atoms with Gasteiger partial charge in [-0.15, -0.1) is 15.3 Å². The van der Waals surface area contributed by atoms with Crippen LogP contribution in [0.2, 0.25) is 0 Å². The molecule has 28 heavy (non-hydrogen) atoms. The molecule has 1 saturated heterocycles. The van der Waals surface area contributed by atoms with Crippen LogP contribution in [0.3, 0.4) is 0 Å². The SMILES string of the molecule is O=C(c1cnn(-c2ccccc2)n1)N1CCC(c2nnc3n2CCNC3)CC1. The summed E-state index contributed by atoms with van der Waals surface area (Å²) in [5, 5.41) is 20.7. The number of benzene rings is 1. The summed E-state index contributed by atoms with van der Waals surface area (Å²) < 4.78 is 2.24. The van der Waals surface area contributed by atoms with E-state index in [4.69, 9.17) is 0 Å². The minimum atomic E-state index is -0.0619. The van der Waals surface area contributed by atoms with Gasteiger partial charge in [0.15, 0.2) is 5.69 Å². The Bertz CT molecular complexity index is 971. The van der Waals surface area contributed by atoms with Gasteiger partial charge < -0.3 is 14.8 Å². The summed E-state index contributed by atoms with van der Waals surface area (Å²) in [4.78, 5) is 16.2. The highest BCUT2D eigenvalue weighted by Gasteiger charge is 2.30. The van der Waals surface area contributed by atoms with E-state index in [9.17, 15) is 4.79 Å². The van der Waals surface area contributed by atoms with Crippen LogP contribution >= 0.6 is 0 Å². The van der Waals surface area contributed by atoms with Crippen molar-refractivity contribution in [2.75, 3.05) is 19.6 Å². The Hall–Kier alpha value is -3.07. The minimum absolute atomic E-state index is 0.0619. The van der Waals surface area contributed by atoms with Gasteiger partial charge in [0, 0.05) is 32.1 Å². The highest BCUT2D eigenvalue weighted by Crippen LogP contribution is 2.28. The van der Waals surface area contributed by atoms with E-state index in [1.165, 1.54) is 4.80 Å². The Kier molecular flexibility index (Phi) is 4.36. The molecule has 0 radical (unpaired) electrons. The summed E-state index contributed by atoms with van der Waals surface area (Å²) in [6, 6.07) is 9.60. The highest BCUT2D eigenvalue weighted by atomic mass is 16.2. The second-order valence-electron chi connectivity index (χ2n) is 7.22. The number of nitrogens with one attached hydrogen (secondary N) is 1. The molecule has 1 N–H and O–H groups in total. The molecule has 0 unspecified atom stereocenters. The molecule has 0 bridgehead atoms. The average molecular weight is 378 g/mol. The molecule has 0 aliphatic carbocycles. The summed E-state index contributed by atoms with van der Waals surface area (Å²) in [6.07, 6.45) is 3.33. The van der Waals surface area contributed by atoms with E-state index >= 15 is 0 Å². The Morgan fingerprint density at radius 1 is 1.07 bits per heavy atom. The zero-order valence-electron chi connectivity index (χ0n) is 15.5. The normalized spacial score (nSPS) is 17.5. The van der Waals surface area contributed by atoms with Crippen LogP contribution in [0.1, 0.15) is 40.9 Å². The van der Waals surface area contributed by atoms with Crippen LogP contribution < -0.4 is 5.32 Å². The summed E-state index contributed by atoms with van der Waals surface area (Å²) in [6.45, 7) is 4.04. The van der Waals surface area contributed by atoms with Gasteiger partial charge in [0.1, 0.15) is 11.6 Å². The maximum atomic E-state index is 12.8. The van der Waals surface area contributed by atoms with Crippen molar-refractivity contribution < 1.29 is 4.79 Å². The molecular formula is C19H22N8O. The first-order chi connectivity index (χ1) is 13.8. The molecule has 0 spiro atoms. The molecule has 4 heterocycles. The molecule has 3 aromatic rings. The number of nitrogens with zero attached hydrogens (tertiary/aromatic N) is 7. The quantitative estimate of drug-likeness (QED) is 0.730. The van der Waals surface area contributed by atoms with Crippen LogP contribution in [0.25, 0.3) is 5.69 Å². The van der Waals surface area contributed by atoms with Crippen molar-refractivity contribution in [1.29, 1.82) is 0 Å².